The predicted octanol–water partition coefficient (Wildman–Crippen LogP) is 3.74. The maximum Gasteiger partial charge on any atom is 0.501 e. The van der Waals surface area contributed by atoms with Gasteiger partial charge in [-0.15, -0.1) is 11.8 Å². The van der Waals surface area contributed by atoms with E-state index in [1.165, 1.54) is 18.1 Å². The van der Waals surface area contributed by atoms with Gasteiger partial charge in [0.1, 0.15) is 17.0 Å². The molecule has 0 bridgehead atoms. The highest BCUT2D eigenvalue weighted by Gasteiger charge is 2.48. The van der Waals surface area contributed by atoms with Crippen LogP contribution in [0.5, 0.6) is 0 Å². The van der Waals surface area contributed by atoms with Crippen LogP contribution >= 0.6 is 11.8 Å². The summed E-state index contributed by atoms with van der Waals surface area (Å²) in [5.41, 5.74) is -4.85. The first-order chi connectivity index (χ1) is 19.8. The van der Waals surface area contributed by atoms with Crippen molar-refractivity contribution in [3.8, 4) is 0 Å². The second-order valence-corrected chi connectivity index (χ2v) is 14.5. The summed E-state index contributed by atoms with van der Waals surface area (Å²) >= 11 is 1.46. The van der Waals surface area contributed by atoms with Gasteiger partial charge >= 0.3 is 5.51 Å². The minimum absolute atomic E-state index is 0.00869. The lowest BCUT2D eigenvalue weighted by Gasteiger charge is -2.24. The topological polar surface area (TPSA) is 133 Å². The molecule has 1 aromatic heterocycles. The van der Waals surface area contributed by atoms with Gasteiger partial charge in [0.2, 0.25) is 0 Å². The van der Waals surface area contributed by atoms with Gasteiger partial charge in [0.05, 0.1) is 16.3 Å². The Morgan fingerprint density at radius 1 is 1.07 bits per heavy atom. The van der Waals surface area contributed by atoms with E-state index in [9.17, 15) is 30.0 Å². The summed E-state index contributed by atoms with van der Waals surface area (Å²) in [6.45, 7) is 1.53. The molecule has 0 fully saturated rings. The smallest absolute Gasteiger partial charge is 0.380 e. The lowest BCUT2D eigenvalue weighted by molar-refractivity contribution is -0.0435. The second-order valence-electron chi connectivity index (χ2n) is 9.84. The van der Waals surface area contributed by atoms with E-state index in [2.05, 4.69) is 25.3 Å². The number of benzene rings is 2. The Balaban J connectivity index is 1.69. The highest BCUT2D eigenvalue weighted by molar-refractivity contribution is 7.99. The molecule has 1 aliphatic rings. The third-order valence-corrected chi connectivity index (χ3v) is 10.5. The van der Waals surface area contributed by atoms with Gasteiger partial charge in [-0.3, -0.25) is 4.72 Å². The highest BCUT2D eigenvalue weighted by atomic mass is 32.2. The number of hydrogen-bond acceptors (Lipinski definition) is 10. The second kappa shape index (κ2) is 13.2. The molecular formula is C26H31F3N6O4S3. The molecule has 228 valence electrons. The van der Waals surface area contributed by atoms with E-state index in [1.54, 1.807) is 0 Å². The molecule has 0 aliphatic carbocycles. The van der Waals surface area contributed by atoms with E-state index in [-0.39, 0.29) is 11.5 Å². The van der Waals surface area contributed by atoms with Gasteiger partial charge in [-0.1, -0.05) is 18.2 Å². The van der Waals surface area contributed by atoms with Crippen molar-refractivity contribution in [2.45, 2.75) is 45.6 Å². The fourth-order valence-electron chi connectivity index (χ4n) is 4.24. The monoisotopic (exact) mass is 644 g/mol. The van der Waals surface area contributed by atoms with E-state index >= 15 is 0 Å². The number of alkyl halides is 3. The average molecular weight is 645 g/mol. The van der Waals surface area contributed by atoms with Crippen LogP contribution in [0.1, 0.15) is 17.7 Å². The molecule has 0 saturated heterocycles. The molecule has 0 unspecified atom stereocenters. The average Bonchev–Trinajstić information content (AvgIpc) is 2.94. The summed E-state index contributed by atoms with van der Waals surface area (Å²) in [7, 11) is -6.75. The van der Waals surface area contributed by atoms with Gasteiger partial charge < -0.3 is 15.5 Å². The van der Waals surface area contributed by atoms with E-state index in [4.69, 9.17) is 0 Å². The van der Waals surface area contributed by atoms with Crippen molar-refractivity contribution >= 4 is 43.1 Å². The molecule has 42 heavy (non-hydrogen) atoms. The van der Waals surface area contributed by atoms with Crippen LogP contribution in [0.2, 0.25) is 0 Å². The molecule has 0 radical (unpaired) electrons. The zero-order valence-corrected chi connectivity index (χ0v) is 25.3. The number of fused-ring (bicyclic) bond motifs is 1. The van der Waals surface area contributed by atoms with Crippen LogP contribution in [0.25, 0.3) is 0 Å². The highest BCUT2D eigenvalue weighted by Crippen LogP contribution is 2.37. The van der Waals surface area contributed by atoms with Crippen molar-refractivity contribution in [1.29, 1.82) is 0 Å². The molecule has 2 aromatic carbocycles. The molecule has 10 nitrogen and oxygen atoms in total. The van der Waals surface area contributed by atoms with Crippen LogP contribution in [0.3, 0.4) is 0 Å². The van der Waals surface area contributed by atoms with Gasteiger partial charge in [-0.25, -0.2) is 26.8 Å². The third kappa shape index (κ3) is 7.72. The fraction of sp³-hybridized carbons (Fsp3) is 0.385. The maximum atomic E-state index is 13.8. The number of nitrogens with one attached hydrogen (secondary N) is 3. The summed E-state index contributed by atoms with van der Waals surface area (Å²) < 4.78 is 95.7. The fourth-order valence-corrected chi connectivity index (χ4v) is 7.32. The summed E-state index contributed by atoms with van der Waals surface area (Å²) in [5, 5.41) is 6.06. The summed E-state index contributed by atoms with van der Waals surface area (Å²) in [6.07, 6.45) is 2.09. The van der Waals surface area contributed by atoms with Crippen molar-refractivity contribution in [2.24, 2.45) is 0 Å². The lowest BCUT2D eigenvalue weighted by Crippen LogP contribution is -2.30. The Kier molecular flexibility index (Phi) is 10.0. The lowest BCUT2D eigenvalue weighted by atomic mass is 10.1. The Morgan fingerprint density at radius 3 is 2.50 bits per heavy atom. The van der Waals surface area contributed by atoms with E-state index in [0.29, 0.717) is 55.6 Å². The van der Waals surface area contributed by atoms with Gasteiger partial charge in [-0.05, 0) is 70.4 Å². The third-order valence-electron chi connectivity index (χ3n) is 6.45. The number of hydrogen-bond donors (Lipinski definition) is 3. The standard InChI is InChI=1S/C26H31F3N6O4S3/c1-35(2)13-11-18(16-40-19-6-4-3-5-7-19)33-22-9-8-20(14-24(22)41(36,37)26(27,28)29)42(38,39)34-25-21-10-12-30-15-23(21)31-17-32-25/h3-9,14,17-18,30,33H,10-13,15-16H2,1-2H3,(H,31,32,34)/t18-/m1/s1. The molecule has 16 heteroatoms. The van der Waals surface area contributed by atoms with E-state index in [1.807, 2.05) is 49.3 Å². The van der Waals surface area contributed by atoms with E-state index in [0.717, 1.165) is 17.0 Å². The van der Waals surface area contributed by atoms with Gasteiger partial charge in [0.15, 0.2) is 0 Å². The van der Waals surface area contributed by atoms with Crippen LogP contribution in [-0.2, 0) is 32.8 Å². The number of halogens is 3. The molecule has 3 N–H and O–H groups in total. The largest absolute Gasteiger partial charge is 0.501 e. The van der Waals surface area contributed by atoms with Gasteiger partial charge in [0, 0.05) is 28.8 Å². The number of nitrogens with zero attached hydrogens (tertiary/aromatic N) is 3. The van der Waals surface area contributed by atoms with Crippen molar-refractivity contribution < 1.29 is 30.0 Å². The number of thioether (sulfide) groups is 1. The number of aromatic nitrogens is 2. The normalized spacial score (nSPS) is 14.8. The van der Waals surface area contributed by atoms with Gasteiger partial charge in [-0.2, -0.15) is 13.2 Å². The molecule has 3 aromatic rings. The van der Waals surface area contributed by atoms with Crippen LogP contribution in [0.15, 0.2) is 69.5 Å². The van der Waals surface area contributed by atoms with Crippen molar-refractivity contribution in [2.75, 3.05) is 43.0 Å². The van der Waals surface area contributed by atoms with Gasteiger partial charge in [0.25, 0.3) is 19.9 Å². The Hall–Kier alpha value is -2.92. The Labute approximate surface area is 247 Å². The SMILES string of the molecule is CN(C)CC[C@H](CSc1ccccc1)Nc1ccc(S(=O)(=O)Nc2ncnc3c2CCNC3)cc1S(=O)(=O)C(F)(F)F. The number of anilines is 2. The Morgan fingerprint density at radius 2 is 1.81 bits per heavy atom. The van der Waals surface area contributed by atoms with Crippen LogP contribution in [0, 0.1) is 0 Å². The van der Waals surface area contributed by atoms with E-state index < -0.39 is 41.2 Å². The molecule has 0 spiro atoms. The molecule has 1 atom stereocenters. The molecule has 2 heterocycles. The van der Waals surface area contributed by atoms with Crippen molar-refractivity contribution in [1.82, 2.24) is 20.2 Å². The molecule has 0 saturated carbocycles. The van der Waals surface area contributed by atoms with Crippen molar-refractivity contribution in [3.05, 3.63) is 66.1 Å². The number of sulfonamides is 1. The number of rotatable bonds is 12. The quantitative estimate of drug-likeness (QED) is 0.251. The number of sulfone groups is 1. The summed E-state index contributed by atoms with van der Waals surface area (Å²) in [5.74, 6) is 0.407. The first-order valence-electron chi connectivity index (χ1n) is 12.9. The molecule has 0 amide bonds. The first-order valence-corrected chi connectivity index (χ1v) is 16.8. The maximum absolute atomic E-state index is 13.8. The summed E-state index contributed by atoms with van der Waals surface area (Å²) in [4.78, 5) is 9.15. The molecular weight excluding hydrogens is 614 g/mol. The minimum atomic E-state index is -5.93. The molecule has 4 rings (SSSR count). The van der Waals surface area contributed by atoms with Crippen molar-refractivity contribution in [3.63, 3.8) is 0 Å². The predicted molar refractivity (Wildman–Crippen MR) is 156 cm³/mol. The summed E-state index contributed by atoms with van der Waals surface area (Å²) in [6, 6.07) is 11.6. The first kappa shape index (κ1) is 32.0. The van der Waals surface area contributed by atoms with Crippen LogP contribution in [0.4, 0.5) is 24.7 Å². The Bertz CT molecular complexity index is 1610. The molecule has 1 aliphatic heterocycles. The minimum Gasteiger partial charge on any atom is -0.380 e. The zero-order chi connectivity index (χ0) is 30.5. The van der Waals surface area contributed by atoms with Crippen LogP contribution in [-0.4, -0.2) is 76.2 Å². The van der Waals surface area contributed by atoms with Crippen LogP contribution < -0.4 is 15.4 Å². The zero-order valence-electron chi connectivity index (χ0n) is 22.8.